The van der Waals surface area contributed by atoms with Gasteiger partial charge in [0.15, 0.2) is 5.69 Å². The average Bonchev–Trinajstić information content (AvgIpc) is 3.45. The van der Waals surface area contributed by atoms with Crippen LogP contribution in [0.15, 0.2) is 48.5 Å². The van der Waals surface area contributed by atoms with Crippen molar-refractivity contribution in [3.05, 3.63) is 75.9 Å². The number of amides is 1. The van der Waals surface area contributed by atoms with Gasteiger partial charge in [0, 0.05) is 42.4 Å². The Bertz CT molecular complexity index is 1300. The van der Waals surface area contributed by atoms with E-state index in [0.29, 0.717) is 23.1 Å². The molecule has 33 heavy (non-hydrogen) atoms. The van der Waals surface area contributed by atoms with Crippen LogP contribution in [-0.4, -0.2) is 49.7 Å². The molecule has 0 atom stereocenters. The number of rotatable bonds is 9. The number of aromatic nitrogens is 4. The standard InChI is InChI=1S/C23H23FN6O3/c1-29(23(31)22-19-14-18(30(32)33)9-10-20(19)26-28-22)11-4-2-3-8-17-13-21(27-25-17)15-6-5-7-16(24)12-15/h5-7,9-10,12-14H,2-4,8,11H2,1H3,(H,25,27)(H,26,28). The van der Waals surface area contributed by atoms with Crippen molar-refractivity contribution in [2.75, 3.05) is 13.6 Å². The fraction of sp³-hybridized carbons (Fsp3) is 0.261. The van der Waals surface area contributed by atoms with Gasteiger partial charge >= 0.3 is 0 Å². The Morgan fingerprint density at radius 3 is 2.73 bits per heavy atom. The lowest BCUT2D eigenvalue weighted by molar-refractivity contribution is -0.384. The molecule has 0 aliphatic rings. The Morgan fingerprint density at radius 1 is 1.09 bits per heavy atom. The molecule has 9 nitrogen and oxygen atoms in total. The van der Waals surface area contributed by atoms with Gasteiger partial charge in [0.2, 0.25) is 0 Å². The van der Waals surface area contributed by atoms with Crippen molar-refractivity contribution in [2.45, 2.75) is 25.7 Å². The zero-order valence-electron chi connectivity index (χ0n) is 18.0. The zero-order chi connectivity index (χ0) is 23.4. The lowest BCUT2D eigenvalue weighted by Crippen LogP contribution is -2.28. The minimum Gasteiger partial charge on any atom is -0.340 e. The number of hydrogen-bond donors (Lipinski definition) is 2. The molecule has 1 amide bonds. The molecule has 0 spiro atoms. The third kappa shape index (κ3) is 5.05. The molecule has 2 N–H and O–H groups in total. The highest BCUT2D eigenvalue weighted by molar-refractivity contribution is 6.05. The fourth-order valence-corrected chi connectivity index (χ4v) is 3.69. The van der Waals surface area contributed by atoms with Gasteiger partial charge < -0.3 is 4.90 Å². The number of non-ortho nitro benzene ring substituents is 1. The first kappa shape index (κ1) is 22.1. The number of carbonyl (C=O) groups is 1. The Labute approximate surface area is 188 Å². The van der Waals surface area contributed by atoms with Crippen LogP contribution in [0.25, 0.3) is 22.2 Å². The number of H-pyrrole nitrogens is 2. The van der Waals surface area contributed by atoms with Crippen LogP contribution in [0.2, 0.25) is 0 Å². The third-order valence-electron chi connectivity index (χ3n) is 5.50. The highest BCUT2D eigenvalue weighted by Gasteiger charge is 2.20. The maximum absolute atomic E-state index is 13.4. The van der Waals surface area contributed by atoms with Crippen molar-refractivity contribution in [1.29, 1.82) is 0 Å². The third-order valence-corrected chi connectivity index (χ3v) is 5.50. The highest BCUT2D eigenvalue weighted by atomic mass is 19.1. The van der Waals surface area contributed by atoms with E-state index in [1.807, 2.05) is 12.1 Å². The maximum Gasteiger partial charge on any atom is 0.274 e. The number of aromatic amines is 2. The van der Waals surface area contributed by atoms with E-state index in [1.165, 1.54) is 24.3 Å². The molecule has 2 aromatic carbocycles. The Hall–Kier alpha value is -4.08. The first-order valence-corrected chi connectivity index (χ1v) is 10.6. The van der Waals surface area contributed by atoms with Crippen LogP contribution in [0.3, 0.4) is 0 Å². The van der Waals surface area contributed by atoms with Crippen molar-refractivity contribution < 1.29 is 14.1 Å². The van der Waals surface area contributed by atoms with E-state index >= 15 is 0 Å². The average molecular weight is 450 g/mol. The van der Waals surface area contributed by atoms with Crippen LogP contribution in [0.1, 0.15) is 35.4 Å². The zero-order valence-corrected chi connectivity index (χ0v) is 18.0. The van der Waals surface area contributed by atoms with Crippen LogP contribution in [0.4, 0.5) is 10.1 Å². The first-order chi connectivity index (χ1) is 15.9. The van der Waals surface area contributed by atoms with Crippen molar-refractivity contribution in [3.8, 4) is 11.3 Å². The van der Waals surface area contributed by atoms with Crippen LogP contribution >= 0.6 is 0 Å². The summed E-state index contributed by atoms with van der Waals surface area (Å²) >= 11 is 0. The van der Waals surface area contributed by atoms with Gasteiger partial charge in [-0.05, 0) is 43.5 Å². The number of nitro benzene ring substituents is 1. The lowest BCUT2D eigenvalue weighted by Gasteiger charge is -2.15. The van der Waals surface area contributed by atoms with Gasteiger partial charge in [-0.15, -0.1) is 0 Å². The molecule has 10 heteroatoms. The molecular weight excluding hydrogens is 427 g/mol. The van der Waals surface area contributed by atoms with Crippen LogP contribution in [0, 0.1) is 15.9 Å². The van der Waals surface area contributed by atoms with Crippen LogP contribution < -0.4 is 0 Å². The van der Waals surface area contributed by atoms with E-state index in [2.05, 4.69) is 20.4 Å². The van der Waals surface area contributed by atoms with E-state index in [1.54, 1.807) is 24.1 Å². The van der Waals surface area contributed by atoms with Gasteiger partial charge in [0.05, 0.1) is 16.1 Å². The smallest absolute Gasteiger partial charge is 0.274 e. The van der Waals surface area contributed by atoms with E-state index < -0.39 is 4.92 Å². The SMILES string of the molecule is CN(CCCCCc1cc(-c2cccc(F)c2)n[nH]1)C(=O)c1n[nH]c2ccc([N+](=O)[O-])cc12. The monoisotopic (exact) mass is 450 g/mol. The predicted octanol–water partition coefficient (Wildman–Crippen LogP) is 4.49. The van der Waals surface area contributed by atoms with E-state index in [-0.39, 0.29) is 23.1 Å². The first-order valence-electron chi connectivity index (χ1n) is 10.6. The van der Waals surface area contributed by atoms with Crippen molar-refractivity contribution >= 4 is 22.5 Å². The molecular formula is C23H23FN6O3. The van der Waals surface area contributed by atoms with Crippen molar-refractivity contribution in [2.24, 2.45) is 0 Å². The van der Waals surface area contributed by atoms with Crippen molar-refractivity contribution in [3.63, 3.8) is 0 Å². The van der Waals surface area contributed by atoms with Gasteiger partial charge in [-0.2, -0.15) is 10.2 Å². The molecule has 4 rings (SSSR count). The molecule has 0 aliphatic carbocycles. The van der Waals surface area contributed by atoms with Gasteiger partial charge in [-0.25, -0.2) is 4.39 Å². The van der Waals surface area contributed by atoms with Gasteiger partial charge in [-0.1, -0.05) is 18.6 Å². The topological polar surface area (TPSA) is 121 Å². The van der Waals surface area contributed by atoms with Gasteiger partial charge in [0.25, 0.3) is 11.6 Å². The molecule has 0 fully saturated rings. The molecule has 0 radical (unpaired) electrons. The number of fused-ring (bicyclic) bond motifs is 1. The molecule has 0 bridgehead atoms. The van der Waals surface area contributed by atoms with E-state index in [4.69, 9.17) is 0 Å². The second-order valence-corrected chi connectivity index (χ2v) is 7.89. The van der Waals surface area contributed by atoms with E-state index in [9.17, 15) is 19.3 Å². The summed E-state index contributed by atoms with van der Waals surface area (Å²) < 4.78 is 13.4. The van der Waals surface area contributed by atoms with Gasteiger partial charge in [-0.3, -0.25) is 25.1 Å². The molecule has 0 aliphatic heterocycles. The summed E-state index contributed by atoms with van der Waals surface area (Å²) in [5.74, 6) is -0.577. The molecule has 2 aromatic heterocycles. The minimum atomic E-state index is -0.495. The number of nitrogens with zero attached hydrogens (tertiary/aromatic N) is 4. The summed E-state index contributed by atoms with van der Waals surface area (Å²) in [4.78, 5) is 24.9. The number of carbonyl (C=O) groups excluding carboxylic acids is 1. The molecule has 0 unspecified atom stereocenters. The Balaban J connectivity index is 1.27. The molecule has 0 saturated heterocycles. The second kappa shape index (κ2) is 9.60. The predicted molar refractivity (Wildman–Crippen MR) is 121 cm³/mol. The number of nitrogens with one attached hydrogen (secondary N) is 2. The number of unbranched alkanes of at least 4 members (excludes halogenated alkanes) is 2. The Kier molecular flexibility index (Phi) is 6.43. The van der Waals surface area contributed by atoms with E-state index in [0.717, 1.165) is 36.9 Å². The van der Waals surface area contributed by atoms with Crippen LogP contribution in [-0.2, 0) is 6.42 Å². The van der Waals surface area contributed by atoms with Crippen molar-refractivity contribution in [1.82, 2.24) is 25.3 Å². The van der Waals surface area contributed by atoms with Crippen LogP contribution in [0.5, 0.6) is 0 Å². The van der Waals surface area contributed by atoms with Gasteiger partial charge in [0.1, 0.15) is 5.82 Å². The molecule has 2 heterocycles. The summed E-state index contributed by atoms with van der Waals surface area (Å²) in [6, 6.07) is 12.5. The second-order valence-electron chi connectivity index (χ2n) is 7.89. The number of nitro groups is 1. The molecule has 170 valence electrons. The summed E-state index contributed by atoms with van der Waals surface area (Å²) in [5.41, 5.74) is 3.09. The summed E-state index contributed by atoms with van der Waals surface area (Å²) in [5, 5.41) is 25.5. The molecule has 4 aromatic rings. The number of aryl methyl sites for hydroxylation is 1. The number of hydrogen-bond acceptors (Lipinski definition) is 5. The number of halogens is 1. The highest BCUT2D eigenvalue weighted by Crippen LogP contribution is 2.23. The minimum absolute atomic E-state index is 0.0834. The normalized spacial score (nSPS) is 11.1. The lowest BCUT2D eigenvalue weighted by atomic mass is 10.1. The molecule has 0 saturated carbocycles. The quantitative estimate of drug-likeness (QED) is 0.221. The maximum atomic E-state index is 13.4. The summed E-state index contributed by atoms with van der Waals surface area (Å²) in [6.07, 6.45) is 3.41. The number of benzene rings is 2. The summed E-state index contributed by atoms with van der Waals surface area (Å²) in [6.45, 7) is 0.541. The largest absolute Gasteiger partial charge is 0.340 e. The fourth-order valence-electron chi connectivity index (χ4n) is 3.69. The Morgan fingerprint density at radius 2 is 1.94 bits per heavy atom. The summed E-state index contributed by atoms with van der Waals surface area (Å²) in [7, 11) is 1.69.